The minimum atomic E-state index is -4.48. The van der Waals surface area contributed by atoms with Crippen molar-refractivity contribution in [3.8, 4) is 17.2 Å². The monoisotopic (exact) mass is 473 g/mol. The molecule has 30 heavy (non-hydrogen) atoms. The van der Waals surface area contributed by atoms with Crippen molar-refractivity contribution in [2.24, 2.45) is 0 Å². The molecule has 0 bridgehead atoms. The summed E-state index contributed by atoms with van der Waals surface area (Å²) in [4.78, 5) is 10.9. The normalized spacial score (nSPS) is 11.5. The third-order valence-electron chi connectivity index (χ3n) is 3.42. The lowest BCUT2D eigenvalue weighted by Gasteiger charge is -2.16. The average molecular weight is 474 g/mol. The fourth-order valence-corrected chi connectivity index (χ4v) is 3.60. The predicted octanol–water partition coefficient (Wildman–Crippen LogP) is 4.05. The Labute approximate surface area is 172 Å². The van der Waals surface area contributed by atoms with Gasteiger partial charge in [-0.05, 0) is 18.2 Å². The third kappa shape index (κ3) is 5.57. The molecule has 0 fully saturated rings. The van der Waals surface area contributed by atoms with Crippen molar-refractivity contribution in [2.75, 3.05) is 11.8 Å². The van der Waals surface area contributed by atoms with Gasteiger partial charge in [-0.15, -0.1) is 0 Å². The predicted molar refractivity (Wildman–Crippen MR) is 95.5 cm³/mol. The van der Waals surface area contributed by atoms with Crippen LogP contribution in [0.2, 0.25) is 5.02 Å². The van der Waals surface area contributed by atoms with E-state index in [9.17, 15) is 35.9 Å². The van der Waals surface area contributed by atoms with E-state index in [1.54, 1.807) is 0 Å². The minimum absolute atomic E-state index is 0.378. The van der Waals surface area contributed by atoms with Crippen LogP contribution in [0.25, 0.3) is 0 Å². The Morgan fingerprint density at radius 1 is 1.03 bits per heavy atom. The summed E-state index contributed by atoms with van der Waals surface area (Å²) >= 11 is 5.73. The van der Waals surface area contributed by atoms with Crippen molar-refractivity contribution < 1.29 is 50.1 Å². The molecule has 2 aromatic rings. The first kappa shape index (κ1) is 23.3. The summed E-state index contributed by atoms with van der Waals surface area (Å²) in [5.41, 5.74) is -1.26. The summed E-state index contributed by atoms with van der Waals surface area (Å²) < 4.78 is 89.8. The summed E-state index contributed by atoms with van der Waals surface area (Å²) in [6.45, 7) is -6.48. The quantitative estimate of drug-likeness (QED) is 0.528. The summed E-state index contributed by atoms with van der Waals surface area (Å²) in [5.74, 6) is -3.15. The van der Waals surface area contributed by atoms with Crippen LogP contribution in [0, 0.1) is 0 Å². The number of halogens is 5. The minimum Gasteiger partial charge on any atom is -0.493 e. The van der Waals surface area contributed by atoms with Crippen LogP contribution in [0.3, 0.4) is 0 Å². The number of anilines is 1. The van der Waals surface area contributed by atoms with E-state index in [-0.39, 0.29) is 5.75 Å². The molecule has 164 valence electrons. The molecule has 0 atom stereocenters. The average Bonchev–Trinajstić information content (AvgIpc) is 2.62. The number of rotatable bonds is 9. The molecule has 14 heteroatoms. The van der Waals surface area contributed by atoms with Crippen LogP contribution >= 0.6 is 11.6 Å². The number of carboxylic acid groups (broad SMARTS) is 1. The molecule has 0 saturated heterocycles. The highest BCUT2D eigenvalue weighted by Gasteiger charge is 2.24. The smallest absolute Gasteiger partial charge is 0.387 e. The topological polar surface area (TPSA) is 111 Å². The number of aromatic carboxylic acids is 1. The van der Waals surface area contributed by atoms with Crippen LogP contribution < -0.4 is 18.9 Å². The number of nitrogens with one attached hydrogen (secondary N) is 1. The molecule has 0 saturated carbocycles. The summed E-state index contributed by atoms with van der Waals surface area (Å²) in [5, 5.41) is 8.84. The third-order valence-corrected chi connectivity index (χ3v) is 5.08. The van der Waals surface area contributed by atoms with E-state index in [1.807, 2.05) is 4.72 Å². The first-order valence-corrected chi connectivity index (χ1v) is 9.48. The Bertz CT molecular complexity index is 1050. The molecular formula is C16H12ClF4NO7S. The van der Waals surface area contributed by atoms with Crippen molar-refractivity contribution >= 4 is 33.3 Å². The standard InChI is InChI=1S/C16H12ClF4NO7S/c1-27-12-6-10(8(14(23)24)5-13(12)29-16(20)21)22-30(25,26)7-2-3-11(9(17)4-7)28-15(18)19/h2-6,15-16,22H,1H3,(H,23,24). The summed E-state index contributed by atoms with van der Waals surface area (Å²) in [7, 11) is -3.42. The van der Waals surface area contributed by atoms with Gasteiger partial charge in [-0.1, -0.05) is 11.6 Å². The first-order chi connectivity index (χ1) is 13.9. The van der Waals surface area contributed by atoms with E-state index < -0.39 is 61.9 Å². The molecule has 0 radical (unpaired) electrons. The van der Waals surface area contributed by atoms with E-state index in [0.29, 0.717) is 6.07 Å². The van der Waals surface area contributed by atoms with Crippen LogP contribution in [-0.4, -0.2) is 39.8 Å². The number of methoxy groups -OCH3 is 1. The van der Waals surface area contributed by atoms with Crippen molar-refractivity contribution in [1.82, 2.24) is 0 Å². The number of hydrogen-bond donors (Lipinski definition) is 2. The van der Waals surface area contributed by atoms with E-state index in [0.717, 1.165) is 31.4 Å². The summed E-state index contributed by atoms with van der Waals surface area (Å²) in [6.07, 6.45) is 0. The second kappa shape index (κ2) is 9.26. The lowest BCUT2D eigenvalue weighted by Crippen LogP contribution is -2.16. The zero-order chi connectivity index (χ0) is 22.6. The molecule has 0 heterocycles. The van der Waals surface area contributed by atoms with Gasteiger partial charge < -0.3 is 19.3 Å². The van der Waals surface area contributed by atoms with E-state index in [1.165, 1.54) is 0 Å². The SMILES string of the molecule is COc1cc(NS(=O)(=O)c2ccc(OC(F)F)c(Cl)c2)c(C(=O)O)cc1OC(F)F. The van der Waals surface area contributed by atoms with Gasteiger partial charge in [-0.3, -0.25) is 4.72 Å². The van der Waals surface area contributed by atoms with Crippen LogP contribution in [0.4, 0.5) is 23.2 Å². The molecule has 0 aromatic heterocycles. The maximum absolute atomic E-state index is 12.6. The molecule has 8 nitrogen and oxygen atoms in total. The van der Waals surface area contributed by atoms with Gasteiger partial charge in [-0.25, -0.2) is 13.2 Å². The first-order valence-electron chi connectivity index (χ1n) is 7.62. The van der Waals surface area contributed by atoms with Crippen LogP contribution in [0.15, 0.2) is 35.2 Å². The zero-order valence-electron chi connectivity index (χ0n) is 14.7. The second-order valence-electron chi connectivity index (χ2n) is 5.31. The Balaban J connectivity index is 2.47. The Hall–Kier alpha value is -2.93. The maximum Gasteiger partial charge on any atom is 0.387 e. The van der Waals surface area contributed by atoms with Crippen LogP contribution in [0.1, 0.15) is 10.4 Å². The Morgan fingerprint density at radius 3 is 2.13 bits per heavy atom. The number of alkyl halides is 4. The van der Waals surface area contributed by atoms with Crippen LogP contribution in [-0.2, 0) is 10.0 Å². The van der Waals surface area contributed by atoms with Gasteiger partial charge in [0, 0.05) is 12.1 Å². The molecule has 0 unspecified atom stereocenters. The highest BCUT2D eigenvalue weighted by Crippen LogP contribution is 2.36. The fraction of sp³-hybridized carbons (Fsp3) is 0.188. The molecule has 2 rings (SSSR count). The highest BCUT2D eigenvalue weighted by molar-refractivity contribution is 7.92. The van der Waals surface area contributed by atoms with Crippen molar-refractivity contribution in [3.05, 3.63) is 40.9 Å². The van der Waals surface area contributed by atoms with Gasteiger partial charge >= 0.3 is 19.2 Å². The molecule has 0 amide bonds. The maximum atomic E-state index is 12.6. The molecule has 2 N–H and O–H groups in total. The molecule has 2 aromatic carbocycles. The zero-order valence-corrected chi connectivity index (χ0v) is 16.3. The molecular weight excluding hydrogens is 462 g/mol. The lowest BCUT2D eigenvalue weighted by atomic mass is 10.1. The number of carboxylic acids is 1. The fourth-order valence-electron chi connectivity index (χ4n) is 2.21. The van der Waals surface area contributed by atoms with Gasteiger partial charge in [0.15, 0.2) is 11.5 Å². The van der Waals surface area contributed by atoms with E-state index in [2.05, 4.69) is 9.47 Å². The van der Waals surface area contributed by atoms with Crippen LogP contribution in [0.5, 0.6) is 17.2 Å². The Morgan fingerprint density at radius 2 is 1.63 bits per heavy atom. The molecule has 0 aliphatic rings. The second-order valence-corrected chi connectivity index (χ2v) is 7.40. The van der Waals surface area contributed by atoms with Gasteiger partial charge in [0.1, 0.15) is 5.75 Å². The number of sulfonamides is 1. The summed E-state index contributed by atoms with van der Waals surface area (Å²) in [6, 6.07) is 4.04. The number of carbonyl (C=O) groups is 1. The van der Waals surface area contributed by atoms with E-state index in [4.69, 9.17) is 16.3 Å². The van der Waals surface area contributed by atoms with Gasteiger partial charge in [0.05, 0.1) is 28.3 Å². The molecule has 0 spiro atoms. The van der Waals surface area contributed by atoms with Gasteiger partial charge in [0.25, 0.3) is 10.0 Å². The van der Waals surface area contributed by atoms with E-state index >= 15 is 0 Å². The highest BCUT2D eigenvalue weighted by atomic mass is 35.5. The van der Waals surface area contributed by atoms with Gasteiger partial charge in [0.2, 0.25) is 0 Å². The Kier molecular flexibility index (Phi) is 7.21. The van der Waals surface area contributed by atoms with Crippen molar-refractivity contribution in [1.29, 1.82) is 0 Å². The molecule has 0 aliphatic carbocycles. The molecule has 0 aliphatic heterocycles. The largest absolute Gasteiger partial charge is 0.493 e. The number of benzene rings is 2. The van der Waals surface area contributed by atoms with Gasteiger partial charge in [-0.2, -0.15) is 17.6 Å². The van der Waals surface area contributed by atoms with Crippen molar-refractivity contribution in [3.63, 3.8) is 0 Å². The number of ether oxygens (including phenoxy) is 3. The van der Waals surface area contributed by atoms with Crippen molar-refractivity contribution in [2.45, 2.75) is 18.1 Å². The lowest BCUT2D eigenvalue weighted by molar-refractivity contribution is -0.0515. The number of hydrogen-bond acceptors (Lipinski definition) is 6.